The van der Waals surface area contributed by atoms with E-state index < -0.39 is 28.5 Å². The smallest absolute Gasteiger partial charge is 0.244 e. The molecule has 220 valence electrons. The second kappa shape index (κ2) is 14.2. The molecule has 0 aromatic heterocycles. The van der Waals surface area contributed by atoms with Crippen LogP contribution in [0.5, 0.6) is 0 Å². The monoisotopic (exact) mass is 617 g/mol. The molecule has 10 heteroatoms. The van der Waals surface area contributed by atoms with Crippen molar-refractivity contribution >= 4 is 50.7 Å². The molecule has 41 heavy (non-hydrogen) atoms. The van der Waals surface area contributed by atoms with Crippen LogP contribution in [0.25, 0.3) is 0 Å². The lowest BCUT2D eigenvalue weighted by Crippen LogP contribution is -2.54. The third-order valence-corrected chi connectivity index (χ3v) is 8.85. The lowest BCUT2D eigenvalue weighted by Gasteiger charge is -2.35. The summed E-state index contributed by atoms with van der Waals surface area (Å²) in [6.07, 6.45) is 1.97. The fraction of sp³-hybridized carbons (Fsp3) is 0.355. The number of carbonyl (C=O) groups excluding carboxylic acids is 2. The first kappa shape index (κ1) is 32.4. The van der Waals surface area contributed by atoms with Crippen LogP contribution < -0.4 is 9.62 Å². The Morgan fingerprint density at radius 2 is 1.46 bits per heavy atom. The first-order valence-corrected chi connectivity index (χ1v) is 16.0. The number of para-hydroxylation sites is 1. The van der Waals surface area contributed by atoms with Crippen LogP contribution in [0.1, 0.15) is 42.5 Å². The zero-order chi connectivity index (χ0) is 30.3. The van der Waals surface area contributed by atoms with Gasteiger partial charge in [-0.25, -0.2) is 8.42 Å². The fourth-order valence-electron chi connectivity index (χ4n) is 4.62. The Morgan fingerprint density at radius 1 is 0.902 bits per heavy atom. The number of halogens is 2. The predicted octanol–water partition coefficient (Wildman–Crippen LogP) is 5.93. The summed E-state index contributed by atoms with van der Waals surface area (Å²) in [5, 5.41) is 3.68. The normalized spacial score (nSPS) is 12.9. The molecular weight excluding hydrogens is 581 g/mol. The van der Waals surface area contributed by atoms with Crippen LogP contribution in [-0.4, -0.2) is 50.0 Å². The number of rotatable bonds is 12. The number of aryl methyl sites for hydroxylation is 2. The van der Waals surface area contributed by atoms with Crippen molar-refractivity contribution < 1.29 is 18.0 Å². The number of amides is 2. The van der Waals surface area contributed by atoms with Crippen LogP contribution in [0.15, 0.2) is 66.7 Å². The Bertz CT molecular complexity index is 1440. The molecule has 2 amide bonds. The summed E-state index contributed by atoms with van der Waals surface area (Å²) in [4.78, 5) is 29.4. The third kappa shape index (κ3) is 8.47. The molecule has 3 aromatic rings. The summed E-state index contributed by atoms with van der Waals surface area (Å²) < 4.78 is 27.3. The maximum Gasteiger partial charge on any atom is 0.244 e. The van der Waals surface area contributed by atoms with Gasteiger partial charge in [0.15, 0.2) is 0 Å². The van der Waals surface area contributed by atoms with Crippen LogP contribution in [0, 0.1) is 13.8 Å². The molecule has 0 spiro atoms. The van der Waals surface area contributed by atoms with Gasteiger partial charge in [0, 0.05) is 34.6 Å². The Labute approximate surface area is 253 Å². The van der Waals surface area contributed by atoms with E-state index in [0.717, 1.165) is 16.1 Å². The van der Waals surface area contributed by atoms with Crippen molar-refractivity contribution in [1.29, 1.82) is 0 Å². The minimum absolute atomic E-state index is 0.0902. The van der Waals surface area contributed by atoms with Crippen LogP contribution in [0.2, 0.25) is 10.0 Å². The first-order chi connectivity index (χ1) is 19.3. The van der Waals surface area contributed by atoms with E-state index in [9.17, 15) is 18.0 Å². The molecule has 0 bridgehead atoms. The van der Waals surface area contributed by atoms with Gasteiger partial charge in [-0.15, -0.1) is 0 Å². The number of hydrogen-bond donors (Lipinski definition) is 1. The zero-order valence-electron chi connectivity index (χ0n) is 24.0. The molecule has 3 aromatic carbocycles. The summed E-state index contributed by atoms with van der Waals surface area (Å²) in [6, 6.07) is 18.7. The molecule has 0 saturated heterocycles. The number of benzene rings is 3. The van der Waals surface area contributed by atoms with Gasteiger partial charge < -0.3 is 10.2 Å². The highest BCUT2D eigenvalue weighted by Crippen LogP contribution is 2.30. The van der Waals surface area contributed by atoms with Gasteiger partial charge in [0.1, 0.15) is 12.6 Å². The van der Waals surface area contributed by atoms with E-state index in [1.54, 1.807) is 44.2 Å². The molecule has 2 unspecified atom stereocenters. The van der Waals surface area contributed by atoms with E-state index in [2.05, 4.69) is 5.32 Å². The van der Waals surface area contributed by atoms with E-state index in [4.69, 9.17) is 23.2 Å². The second-order valence-electron chi connectivity index (χ2n) is 10.3. The number of sulfonamides is 1. The number of carbonyl (C=O) groups is 2. The maximum atomic E-state index is 14.3. The van der Waals surface area contributed by atoms with Gasteiger partial charge in [-0.05, 0) is 56.0 Å². The van der Waals surface area contributed by atoms with Gasteiger partial charge >= 0.3 is 0 Å². The van der Waals surface area contributed by atoms with E-state index in [-0.39, 0.29) is 24.9 Å². The highest BCUT2D eigenvalue weighted by molar-refractivity contribution is 7.92. The summed E-state index contributed by atoms with van der Waals surface area (Å²) >= 11 is 13.0. The molecule has 0 aliphatic carbocycles. The van der Waals surface area contributed by atoms with Crippen molar-refractivity contribution in [1.82, 2.24) is 10.2 Å². The molecule has 0 saturated carbocycles. The van der Waals surface area contributed by atoms with Crippen molar-refractivity contribution in [3.63, 3.8) is 0 Å². The van der Waals surface area contributed by atoms with Gasteiger partial charge in [-0.1, -0.05) is 84.7 Å². The summed E-state index contributed by atoms with van der Waals surface area (Å²) in [7, 11) is -3.88. The van der Waals surface area contributed by atoms with Crippen molar-refractivity contribution in [3.05, 3.63) is 99.0 Å². The molecule has 2 atom stereocenters. The SMILES string of the molecule is CCC(C)NC(=O)C(Cc1ccccc1)N(Cc1c(Cl)cccc1Cl)C(=O)CN(c1c(C)cccc1C)S(C)(=O)=O. The van der Waals surface area contributed by atoms with Gasteiger partial charge in [0.05, 0.1) is 11.9 Å². The van der Waals surface area contributed by atoms with E-state index >= 15 is 0 Å². The van der Waals surface area contributed by atoms with Gasteiger partial charge in [0.25, 0.3) is 0 Å². The Hall–Kier alpha value is -3.07. The van der Waals surface area contributed by atoms with Crippen molar-refractivity contribution in [3.8, 4) is 0 Å². The molecule has 7 nitrogen and oxygen atoms in total. The van der Waals surface area contributed by atoms with Crippen molar-refractivity contribution in [2.45, 2.75) is 59.2 Å². The third-order valence-electron chi connectivity index (χ3n) is 7.03. The highest BCUT2D eigenvalue weighted by Gasteiger charge is 2.34. The average Bonchev–Trinajstić information content (AvgIpc) is 2.91. The van der Waals surface area contributed by atoms with Gasteiger partial charge in [-0.2, -0.15) is 0 Å². The van der Waals surface area contributed by atoms with Crippen LogP contribution in [0.3, 0.4) is 0 Å². The summed E-state index contributed by atoms with van der Waals surface area (Å²) in [5.41, 5.74) is 3.16. The summed E-state index contributed by atoms with van der Waals surface area (Å²) in [6.45, 7) is 6.84. The Morgan fingerprint density at radius 3 is 2.00 bits per heavy atom. The Kier molecular flexibility index (Phi) is 11.2. The van der Waals surface area contributed by atoms with E-state index in [1.807, 2.05) is 50.2 Å². The maximum absolute atomic E-state index is 14.3. The van der Waals surface area contributed by atoms with Crippen molar-refractivity contribution in [2.75, 3.05) is 17.1 Å². The lowest BCUT2D eigenvalue weighted by molar-refractivity contribution is -0.140. The fourth-order valence-corrected chi connectivity index (χ4v) is 6.11. The molecule has 0 aliphatic heterocycles. The number of nitrogens with zero attached hydrogens (tertiary/aromatic N) is 2. The first-order valence-electron chi connectivity index (χ1n) is 13.4. The lowest BCUT2D eigenvalue weighted by atomic mass is 10.0. The number of anilines is 1. The van der Waals surface area contributed by atoms with E-state index in [0.29, 0.717) is 38.8 Å². The Balaban J connectivity index is 2.14. The largest absolute Gasteiger partial charge is 0.352 e. The van der Waals surface area contributed by atoms with Crippen LogP contribution >= 0.6 is 23.2 Å². The number of hydrogen-bond acceptors (Lipinski definition) is 4. The van der Waals surface area contributed by atoms with Crippen molar-refractivity contribution in [2.24, 2.45) is 0 Å². The highest BCUT2D eigenvalue weighted by atomic mass is 35.5. The second-order valence-corrected chi connectivity index (χ2v) is 13.0. The quantitative estimate of drug-likeness (QED) is 0.273. The molecule has 3 rings (SSSR count). The predicted molar refractivity (Wildman–Crippen MR) is 167 cm³/mol. The van der Waals surface area contributed by atoms with Crippen LogP contribution in [-0.2, 0) is 32.6 Å². The average molecular weight is 619 g/mol. The minimum Gasteiger partial charge on any atom is -0.352 e. The van der Waals surface area contributed by atoms with E-state index in [1.165, 1.54) is 4.90 Å². The standard InChI is InChI=1S/C31H37Cl2N3O4S/c1-6-23(4)34-31(38)28(18-24-14-8-7-9-15-24)35(19-25-26(32)16-11-17-27(25)33)29(37)20-36(41(5,39)40)30-21(2)12-10-13-22(30)3/h7-17,23,28H,6,18-20H2,1-5H3,(H,34,38). The molecular formula is C31H37Cl2N3O4S. The summed E-state index contributed by atoms with van der Waals surface area (Å²) in [5.74, 6) is -0.910. The minimum atomic E-state index is -3.88. The van der Waals surface area contributed by atoms with Gasteiger partial charge in [-0.3, -0.25) is 13.9 Å². The van der Waals surface area contributed by atoms with Gasteiger partial charge in [0.2, 0.25) is 21.8 Å². The molecule has 0 fully saturated rings. The molecule has 0 aliphatic rings. The molecule has 0 radical (unpaired) electrons. The zero-order valence-corrected chi connectivity index (χ0v) is 26.4. The number of nitrogens with one attached hydrogen (secondary N) is 1. The van der Waals surface area contributed by atoms with Crippen LogP contribution in [0.4, 0.5) is 5.69 Å². The molecule has 1 N–H and O–H groups in total. The molecule has 0 heterocycles. The topological polar surface area (TPSA) is 86.8 Å².